The van der Waals surface area contributed by atoms with Crippen LogP contribution in [0.3, 0.4) is 0 Å². The first-order chi connectivity index (χ1) is 7.60. The van der Waals surface area contributed by atoms with E-state index in [0.717, 1.165) is 0 Å². The van der Waals surface area contributed by atoms with Crippen molar-refractivity contribution in [3.05, 3.63) is 0 Å². The Kier molecular flexibility index (Phi) is 6.15. The van der Waals surface area contributed by atoms with Crippen LogP contribution in [0.1, 0.15) is 20.8 Å². The Hall–Kier alpha value is -0.593. The lowest BCUT2D eigenvalue weighted by molar-refractivity contribution is 0.0532. The molecular formula is C11H25NO4Si. The van der Waals surface area contributed by atoms with Crippen LogP contribution in [0, 0.1) is 0 Å². The average Bonchev–Trinajstić information content (AvgIpc) is 2.15. The molecule has 0 heterocycles. The molecule has 0 saturated carbocycles. The Morgan fingerprint density at radius 2 is 1.94 bits per heavy atom. The summed E-state index contributed by atoms with van der Waals surface area (Å²) in [5.41, 5.74) is 0. The molecule has 0 aromatic rings. The molecule has 17 heavy (non-hydrogen) atoms. The molecule has 0 spiro atoms. The van der Waals surface area contributed by atoms with E-state index in [4.69, 9.17) is 14.3 Å². The summed E-state index contributed by atoms with van der Waals surface area (Å²) in [6.07, 6.45) is -1.28. The van der Waals surface area contributed by atoms with E-state index in [-0.39, 0.29) is 17.7 Å². The fourth-order valence-corrected chi connectivity index (χ4v) is 1.96. The number of hydrogen-bond donors (Lipinski definition) is 2. The number of amides is 1. The van der Waals surface area contributed by atoms with Gasteiger partial charge in [0, 0.05) is 13.7 Å². The Balaban J connectivity index is 4.19. The van der Waals surface area contributed by atoms with Gasteiger partial charge in [0.25, 0.3) is 0 Å². The molecule has 0 bridgehead atoms. The van der Waals surface area contributed by atoms with Crippen molar-refractivity contribution < 1.29 is 19.1 Å². The van der Waals surface area contributed by atoms with Crippen molar-refractivity contribution in [1.82, 2.24) is 5.32 Å². The molecule has 0 aromatic carbocycles. The normalized spacial score (nSPS) is 14.5. The van der Waals surface area contributed by atoms with Gasteiger partial charge in [-0.3, -0.25) is 0 Å². The van der Waals surface area contributed by atoms with Crippen LogP contribution in [0.25, 0.3) is 0 Å². The minimum Gasteiger partial charge on any atom is -0.465 e. The lowest BCUT2D eigenvalue weighted by Crippen LogP contribution is -2.44. The van der Waals surface area contributed by atoms with E-state index in [0.29, 0.717) is 6.61 Å². The lowest BCUT2D eigenvalue weighted by Gasteiger charge is -2.37. The first-order valence-corrected chi connectivity index (χ1v) is 8.64. The number of nitrogens with one attached hydrogen (secondary N) is 1. The molecular weight excluding hydrogens is 238 g/mol. The highest BCUT2D eigenvalue weighted by Gasteiger charge is 2.37. The summed E-state index contributed by atoms with van der Waals surface area (Å²) in [6.45, 7) is 11.5. The van der Waals surface area contributed by atoms with Crippen LogP contribution in [0.2, 0.25) is 18.1 Å². The molecule has 0 saturated heterocycles. The van der Waals surface area contributed by atoms with Crippen molar-refractivity contribution in [3.8, 4) is 0 Å². The van der Waals surface area contributed by atoms with Gasteiger partial charge >= 0.3 is 6.09 Å². The number of carboxylic acid groups (broad SMARTS) is 1. The summed E-state index contributed by atoms with van der Waals surface area (Å²) in [5.74, 6) is 0. The third-order valence-corrected chi connectivity index (χ3v) is 7.75. The largest absolute Gasteiger partial charge is 0.465 e. The van der Waals surface area contributed by atoms with Crippen LogP contribution in [-0.2, 0) is 9.16 Å². The average molecular weight is 263 g/mol. The third kappa shape index (κ3) is 6.04. The third-order valence-electron chi connectivity index (χ3n) is 3.25. The summed E-state index contributed by atoms with van der Waals surface area (Å²) in [5, 5.41) is 11.0. The number of rotatable bonds is 6. The van der Waals surface area contributed by atoms with Crippen LogP contribution in [0.5, 0.6) is 0 Å². The van der Waals surface area contributed by atoms with Gasteiger partial charge in [-0.1, -0.05) is 20.8 Å². The maximum absolute atomic E-state index is 10.4. The van der Waals surface area contributed by atoms with Crippen LogP contribution >= 0.6 is 0 Å². The number of methoxy groups -OCH3 is 1. The quantitative estimate of drug-likeness (QED) is 0.722. The monoisotopic (exact) mass is 263 g/mol. The molecule has 2 N–H and O–H groups in total. The zero-order valence-corrected chi connectivity index (χ0v) is 12.7. The predicted molar refractivity (Wildman–Crippen MR) is 70.0 cm³/mol. The maximum Gasteiger partial charge on any atom is 0.404 e. The maximum atomic E-state index is 10.4. The molecule has 0 fully saturated rings. The van der Waals surface area contributed by atoms with Crippen molar-refractivity contribution in [2.75, 3.05) is 20.3 Å². The van der Waals surface area contributed by atoms with Gasteiger partial charge in [-0.05, 0) is 18.1 Å². The highest BCUT2D eigenvalue weighted by atomic mass is 28.4. The molecule has 0 aliphatic carbocycles. The molecule has 0 aliphatic rings. The van der Waals surface area contributed by atoms with Gasteiger partial charge in [-0.25, -0.2) is 4.79 Å². The highest BCUT2D eigenvalue weighted by molar-refractivity contribution is 6.74. The van der Waals surface area contributed by atoms with Crippen molar-refractivity contribution in [3.63, 3.8) is 0 Å². The summed E-state index contributed by atoms with van der Waals surface area (Å²) in [4.78, 5) is 10.4. The minimum atomic E-state index is -1.80. The van der Waals surface area contributed by atoms with Gasteiger partial charge in [-0.2, -0.15) is 0 Å². The smallest absolute Gasteiger partial charge is 0.404 e. The van der Waals surface area contributed by atoms with Crippen LogP contribution < -0.4 is 5.32 Å². The van der Waals surface area contributed by atoms with Gasteiger partial charge in [0.15, 0.2) is 8.32 Å². The molecule has 6 heteroatoms. The van der Waals surface area contributed by atoms with Crippen LogP contribution in [-0.4, -0.2) is 45.9 Å². The van der Waals surface area contributed by atoms with Gasteiger partial charge in [0.1, 0.15) is 0 Å². The van der Waals surface area contributed by atoms with E-state index in [1.54, 1.807) is 7.11 Å². The van der Waals surface area contributed by atoms with E-state index in [1.165, 1.54) is 0 Å². The first-order valence-electron chi connectivity index (χ1n) is 5.73. The minimum absolute atomic E-state index is 0.144. The summed E-state index contributed by atoms with van der Waals surface area (Å²) >= 11 is 0. The summed E-state index contributed by atoms with van der Waals surface area (Å²) in [6, 6.07) is 0. The van der Waals surface area contributed by atoms with Crippen LogP contribution in [0.4, 0.5) is 4.79 Å². The Morgan fingerprint density at radius 3 is 2.29 bits per heavy atom. The second-order valence-electron chi connectivity index (χ2n) is 5.62. The standard InChI is InChI=1S/C11H25NO4Si/c1-11(2,3)17(5,6)16-8-9(15-4)7-12-10(13)14/h9,12H,7-8H2,1-6H3,(H,13,14). The number of ether oxygens (including phenoxy) is 1. The molecule has 1 unspecified atom stereocenters. The number of hydrogen-bond acceptors (Lipinski definition) is 3. The fraction of sp³-hybridized carbons (Fsp3) is 0.909. The summed E-state index contributed by atoms with van der Waals surface area (Å²) < 4.78 is 11.1. The van der Waals surface area contributed by atoms with E-state index >= 15 is 0 Å². The molecule has 102 valence electrons. The Labute approximate surface area is 105 Å². The van der Waals surface area contributed by atoms with Crippen molar-refractivity contribution in [1.29, 1.82) is 0 Å². The van der Waals surface area contributed by atoms with Gasteiger partial charge in [-0.15, -0.1) is 0 Å². The highest BCUT2D eigenvalue weighted by Crippen LogP contribution is 2.36. The predicted octanol–water partition coefficient (Wildman–Crippen LogP) is 2.29. The molecule has 1 atom stereocenters. The van der Waals surface area contributed by atoms with Crippen molar-refractivity contribution >= 4 is 14.4 Å². The molecule has 1 amide bonds. The SMILES string of the molecule is COC(CNC(=O)O)CO[Si](C)(C)C(C)(C)C. The molecule has 5 nitrogen and oxygen atoms in total. The van der Waals surface area contributed by atoms with Gasteiger partial charge < -0.3 is 19.6 Å². The Bertz CT molecular complexity index is 250. The topological polar surface area (TPSA) is 67.8 Å². The van der Waals surface area contributed by atoms with E-state index in [9.17, 15) is 4.79 Å². The molecule has 0 aromatic heterocycles. The molecule has 0 aliphatic heterocycles. The molecule has 0 rings (SSSR count). The van der Waals surface area contributed by atoms with Crippen molar-refractivity contribution in [2.45, 2.75) is 45.0 Å². The van der Waals surface area contributed by atoms with Gasteiger partial charge in [0.05, 0.1) is 12.7 Å². The lowest BCUT2D eigenvalue weighted by atomic mass is 10.2. The van der Waals surface area contributed by atoms with E-state index in [2.05, 4.69) is 39.2 Å². The fourth-order valence-electron chi connectivity index (χ4n) is 0.929. The molecule has 0 radical (unpaired) electrons. The summed E-state index contributed by atoms with van der Waals surface area (Å²) in [7, 11) is -0.237. The van der Waals surface area contributed by atoms with Crippen molar-refractivity contribution in [2.24, 2.45) is 0 Å². The van der Waals surface area contributed by atoms with Crippen LogP contribution in [0.15, 0.2) is 0 Å². The number of carbonyl (C=O) groups is 1. The zero-order valence-electron chi connectivity index (χ0n) is 11.7. The van der Waals surface area contributed by atoms with E-state index in [1.807, 2.05) is 0 Å². The first kappa shape index (κ1) is 16.4. The van der Waals surface area contributed by atoms with E-state index < -0.39 is 14.4 Å². The zero-order chi connectivity index (χ0) is 13.7. The van der Waals surface area contributed by atoms with Gasteiger partial charge in [0.2, 0.25) is 0 Å². The Morgan fingerprint density at radius 1 is 1.41 bits per heavy atom. The second kappa shape index (κ2) is 6.37. The second-order valence-corrected chi connectivity index (χ2v) is 10.4.